The third-order valence-electron chi connectivity index (χ3n) is 3.59. The molecular weight excluding hydrogens is 330 g/mol. The molecule has 1 fully saturated rings. The maximum atomic E-state index is 12.0. The van der Waals surface area contributed by atoms with Gasteiger partial charge in [0, 0.05) is 18.3 Å². The largest absolute Gasteiger partial charge is 0.466 e. The molecule has 0 bridgehead atoms. The number of hydrogen-bond acceptors (Lipinski definition) is 6. The Kier molecular flexibility index (Phi) is 6.33. The van der Waals surface area contributed by atoms with Gasteiger partial charge in [0.25, 0.3) is 6.47 Å². The second-order valence-corrected chi connectivity index (χ2v) is 5.34. The molecule has 1 N–H and O–H groups in total. The van der Waals surface area contributed by atoms with Crippen molar-refractivity contribution in [2.24, 2.45) is 0 Å². The molecule has 1 aliphatic rings. The van der Waals surface area contributed by atoms with Crippen LogP contribution in [0.5, 0.6) is 0 Å². The number of nitrogens with one attached hydrogen (secondary N) is 1. The lowest BCUT2D eigenvalue weighted by Gasteiger charge is -2.18. The van der Waals surface area contributed by atoms with Gasteiger partial charge in [0.1, 0.15) is 12.7 Å². The summed E-state index contributed by atoms with van der Waals surface area (Å²) >= 11 is 0. The molecule has 25 heavy (non-hydrogen) atoms. The van der Waals surface area contributed by atoms with Gasteiger partial charge in [-0.15, -0.1) is 0 Å². The lowest BCUT2D eigenvalue weighted by Crippen LogP contribution is -2.33. The molecule has 0 aliphatic carbocycles. The van der Waals surface area contributed by atoms with Crippen LogP contribution in [0.1, 0.15) is 6.92 Å². The van der Waals surface area contributed by atoms with Gasteiger partial charge in [-0.25, -0.2) is 4.79 Å². The third kappa shape index (κ3) is 4.93. The van der Waals surface area contributed by atoms with Crippen LogP contribution in [0.4, 0.5) is 16.2 Å². The van der Waals surface area contributed by atoms with Crippen molar-refractivity contribution in [3.8, 4) is 0 Å². The van der Waals surface area contributed by atoms with Crippen LogP contribution in [0.2, 0.25) is 0 Å². The van der Waals surface area contributed by atoms with Gasteiger partial charge in [0.2, 0.25) is 12.3 Å². The van der Waals surface area contributed by atoms with E-state index in [1.807, 2.05) is 0 Å². The molecule has 0 spiro atoms. The van der Waals surface area contributed by atoms with Crippen molar-refractivity contribution in [2.45, 2.75) is 13.0 Å². The first kappa shape index (κ1) is 18.2. The average Bonchev–Trinajstić information content (AvgIpc) is 2.98. The molecule has 1 aromatic rings. The summed E-state index contributed by atoms with van der Waals surface area (Å²) in [5.41, 5.74) is 1.23. The highest BCUT2D eigenvalue weighted by molar-refractivity contribution is 5.90. The van der Waals surface area contributed by atoms with Crippen LogP contribution >= 0.6 is 0 Å². The Morgan fingerprint density at radius 3 is 2.72 bits per heavy atom. The van der Waals surface area contributed by atoms with Crippen molar-refractivity contribution in [1.82, 2.24) is 5.32 Å². The molecule has 2 rings (SSSR count). The topological polar surface area (TPSA) is 105 Å². The summed E-state index contributed by atoms with van der Waals surface area (Å²) in [7, 11) is 0. The monoisotopic (exact) mass is 349 g/mol. The van der Waals surface area contributed by atoms with E-state index in [-0.39, 0.29) is 25.6 Å². The molecule has 0 unspecified atom stereocenters. The number of cyclic esters (lactones) is 1. The Labute approximate surface area is 144 Å². The molecule has 1 aliphatic heterocycles. The van der Waals surface area contributed by atoms with Crippen LogP contribution in [-0.2, 0) is 23.9 Å². The summed E-state index contributed by atoms with van der Waals surface area (Å²) in [4.78, 5) is 47.0. The molecule has 1 heterocycles. The standard InChI is InChI=1S/C16H19N3O6/c1-12(22)17-8-15-9-19(16(23)25-15)14-4-2-13(3-5-14)18(10-20)6-7-24-11-21/h2-5,10-11,15H,6-9H2,1H3,(H,17,22)/t15-/m0/s1. The van der Waals surface area contributed by atoms with Crippen LogP contribution in [-0.4, -0.2) is 57.2 Å². The number of ether oxygens (including phenoxy) is 2. The predicted molar refractivity (Wildman–Crippen MR) is 88.2 cm³/mol. The summed E-state index contributed by atoms with van der Waals surface area (Å²) in [5.74, 6) is -0.189. The van der Waals surface area contributed by atoms with Crippen molar-refractivity contribution >= 4 is 36.3 Å². The van der Waals surface area contributed by atoms with Gasteiger partial charge in [-0.05, 0) is 24.3 Å². The fourth-order valence-corrected chi connectivity index (χ4v) is 2.36. The number of amides is 3. The van der Waals surface area contributed by atoms with Crippen molar-refractivity contribution in [3.05, 3.63) is 24.3 Å². The molecular formula is C16H19N3O6. The van der Waals surface area contributed by atoms with E-state index in [9.17, 15) is 19.2 Å². The number of benzene rings is 1. The van der Waals surface area contributed by atoms with Gasteiger partial charge in [-0.1, -0.05) is 0 Å². The van der Waals surface area contributed by atoms with E-state index in [0.717, 1.165) is 0 Å². The highest BCUT2D eigenvalue weighted by atomic mass is 16.6. The first-order valence-corrected chi connectivity index (χ1v) is 7.65. The Bertz CT molecular complexity index is 633. The van der Waals surface area contributed by atoms with Crippen molar-refractivity contribution < 1.29 is 28.7 Å². The quantitative estimate of drug-likeness (QED) is 0.507. The molecule has 0 radical (unpaired) electrons. The highest BCUT2D eigenvalue weighted by Crippen LogP contribution is 2.24. The maximum absolute atomic E-state index is 12.0. The van der Waals surface area contributed by atoms with Gasteiger partial charge >= 0.3 is 6.09 Å². The van der Waals surface area contributed by atoms with Gasteiger partial charge in [-0.3, -0.25) is 19.3 Å². The lowest BCUT2D eigenvalue weighted by molar-refractivity contribution is -0.128. The lowest BCUT2D eigenvalue weighted by atomic mass is 10.2. The van der Waals surface area contributed by atoms with E-state index in [1.165, 1.54) is 16.7 Å². The zero-order valence-electron chi connectivity index (χ0n) is 13.7. The zero-order chi connectivity index (χ0) is 18.2. The number of hydrogen-bond donors (Lipinski definition) is 1. The molecule has 0 saturated carbocycles. The zero-order valence-corrected chi connectivity index (χ0v) is 13.7. The minimum Gasteiger partial charge on any atom is -0.466 e. The van der Waals surface area contributed by atoms with Crippen LogP contribution in [0.3, 0.4) is 0 Å². The van der Waals surface area contributed by atoms with Gasteiger partial charge < -0.3 is 19.7 Å². The molecule has 9 heteroatoms. The SMILES string of the molecule is CC(=O)NC[C@H]1CN(c2ccc(N(C=O)CCOC=O)cc2)C(=O)O1. The fraction of sp³-hybridized carbons (Fsp3) is 0.375. The summed E-state index contributed by atoms with van der Waals surface area (Å²) in [5, 5.41) is 2.61. The van der Waals surface area contributed by atoms with Gasteiger partial charge in [0.15, 0.2) is 0 Å². The number of nitrogens with zero attached hydrogens (tertiary/aromatic N) is 2. The van der Waals surface area contributed by atoms with Crippen LogP contribution in [0.15, 0.2) is 24.3 Å². The molecule has 1 aromatic carbocycles. The summed E-state index contributed by atoms with van der Waals surface area (Å²) in [6, 6.07) is 6.74. The first-order chi connectivity index (χ1) is 12.0. The Morgan fingerprint density at radius 1 is 1.40 bits per heavy atom. The number of rotatable bonds is 9. The summed E-state index contributed by atoms with van der Waals surface area (Å²) in [6.45, 7) is 2.61. The fourth-order valence-electron chi connectivity index (χ4n) is 2.36. The van der Waals surface area contributed by atoms with Crippen molar-refractivity contribution in [2.75, 3.05) is 36.0 Å². The predicted octanol–water partition coefficient (Wildman–Crippen LogP) is 0.284. The van der Waals surface area contributed by atoms with Gasteiger partial charge in [0.05, 0.1) is 19.6 Å². The smallest absolute Gasteiger partial charge is 0.414 e. The molecule has 3 amide bonds. The van der Waals surface area contributed by atoms with E-state index >= 15 is 0 Å². The van der Waals surface area contributed by atoms with Crippen LogP contribution in [0, 0.1) is 0 Å². The van der Waals surface area contributed by atoms with E-state index in [0.29, 0.717) is 30.8 Å². The summed E-state index contributed by atoms with van der Waals surface area (Å²) in [6.07, 6.45) is -0.269. The first-order valence-electron chi connectivity index (χ1n) is 7.65. The Hall–Kier alpha value is -3.10. The minimum absolute atomic E-state index is 0.0905. The van der Waals surface area contributed by atoms with E-state index in [4.69, 9.17) is 4.74 Å². The van der Waals surface area contributed by atoms with Crippen molar-refractivity contribution in [1.29, 1.82) is 0 Å². The molecule has 9 nitrogen and oxygen atoms in total. The molecule has 134 valence electrons. The number of anilines is 2. The van der Waals surface area contributed by atoms with E-state index in [2.05, 4.69) is 10.1 Å². The maximum Gasteiger partial charge on any atom is 0.414 e. The Balaban J connectivity index is 1.99. The third-order valence-corrected chi connectivity index (χ3v) is 3.59. The molecule has 1 saturated heterocycles. The van der Waals surface area contributed by atoms with Gasteiger partial charge in [-0.2, -0.15) is 0 Å². The van der Waals surface area contributed by atoms with E-state index in [1.54, 1.807) is 24.3 Å². The molecule has 0 aromatic heterocycles. The van der Waals surface area contributed by atoms with Crippen molar-refractivity contribution in [3.63, 3.8) is 0 Å². The van der Waals surface area contributed by atoms with Crippen LogP contribution in [0.25, 0.3) is 0 Å². The molecule has 1 atom stereocenters. The van der Waals surface area contributed by atoms with E-state index < -0.39 is 12.2 Å². The van der Waals surface area contributed by atoms with Crippen LogP contribution < -0.4 is 15.1 Å². The number of carbonyl (C=O) groups excluding carboxylic acids is 4. The average molecular weight is 349 g/mol. The highest BCUT2D eigenvalue weighted by Gasteiger charge is 2.32. The second-order valence-electron chi connectivity index (χ2n) is 5.34. The summed E-state index contributed by atoms with van der Waals surface area (Å²) < 4.78 is 9.78. The minimum atomic E-state index is -0.491. The normalized spacial score (nSPS) is 16.1. The second kappa shape index (κ2) is 8.67. The Morgan fingerprint density at radius 2 is 2.12 bits per heavy atom. The number of carbonyl (C=O) groups is 4.